The number of nitrogens with one attached hydrogen (secondary N) is 2. The van der Waals surface area contributed by atoms with Crippen LogP contribution >= 0.6 is 0 Å². The van der Waals surface area contributed by atoms with E-state index in [9.17, 15) is 14.4 Å². The number of carbonyl (C=O) groups is 3. The Labute approximate surface area is 214 Å². The highest BCUT2D eigenvalue weighted by molar-refractivity contribution is 5.98. The number of urea groups is 1. The van der Waals surface area contributed by atoms with Crippen molar-refractivity contribution in [1.29, 1.82) is 0 Å². The van der Waals surface area contributed by atoms with Crippen molar-refractivity contribution < 1.29 is 19.1 Å². The quantitative estimate of drug-likeness (QED) is 0.379. The van der Waals surface area contributed by atoms with Gasteiger partial charge in [-0.1, -0.05) is 30.3 Å². The Kier molecular flexibility index (Phi) is 6.35. The Morgan fingerprint density at radius 3 is 2.65 bits per heavy atom. The van der Waals surface area contributed by atoms with Gasteiger partial charge in [0, 0.05) is 25.7 Å². The molecule has 1 aliphatic rings. The van der Waals surface area contributed by atoms with E-state index in [1.54, 1.807) is 24.4 Å². The summed E-state index contributed by atoms with van der Waals surface area (Å²) in [4.78, 5) is 42.3. The molecule has 0 unspecified atom stereocenters. The number of benzene rings is 3. The minimum Gasteiger partial charge on any atom is -0.497 e. The second-order valence-corrected chi connectivity index (χ2v) is 9.14. The maximum Gasteiger partial charge on any atom is 0.321 e. The molecule has 37 heavy (non-hydrogen) atoms. The van der Waals surface area contributed by atoms with Crippen molar-refractivity contribution >= 4 is 29.4 Å². The van der Waals surface area contributed by atoms with Crippen LogP contribution in [0, 0.1) is 6.92 Å². The summed E-state index contributed by atoms with van der Waals surface area (Å²) in [5.41, 5.74) is 7.49. The SMILES string of the molecule is COc1ccc2c(c1)C(=O)N(C[C@H](NC(=O)NC=O)c1ccc(-c3cc(C)c4ncn(C)c4c3)cc1)C2. The zero-order valence-electron chi connectivity index (χ0n) is 20.8. The molecule has 4 aromatic rings. The molecule has 4 amide bonds. The molecule has 5 rings (SSSR count). The first-order valence-electron chi connectivity index (χ1n) is 11.9. The van der Waals surface area contributed by atoms with Crippen LogP contribution in [-0.2, 0) is 18.4 Å². The van der Waals surface area contributed by atoms with Crippen molar-refractivity contribution in [3.05, 3.63) is 83.2 Å². The molecule has 3 aromatic carbocycles. The molecule has 2 heterocycles. The van der Waals surface area contributed by atoms with Gasteiger partial charge in [-0.05, 0) is 59.0 Å². The number of ether oxygens (including phenoxy) is 1. The van der Waals surface area contributed by atoms with Gasteiger partial charge < -0.3 is 19.5 Å². The fourth-order valence-electron chi connectivity index (χ4n) is 4.80. The van der Waals surface area contributed by atoms with E-state index in [1.165, 1.54) is 0 Å². The molecule has 9 nitrogen and oxygen atoms in total. The standard InChI is InChI=1S/C28H27N5O4/c1-17-10-21(11-25-26(17)29-15-32(25)2)18-4-6-19(7-5-18)24(31-28(36)30-16-34)14-33-13-20-8-9-22(37-3)12-23(20)27(33)35/h4-12,15-16,24H,13-14H2,1-3H3,(H2,30,31,34,36)/t24-/m0/s1. The number of hydrogen-bond acceptors (Lipinski definition) is 5. The number of aryl methyl sites for hydroxylation is 2. The molecule has 0 bridgehead atoms. The number of nitrogens with zero attached hydrogens (tertiary/aromatic N) is 3. The predicted octanol–water partition coefficient (Wildman–Crippen LogP) is 3.71. The molecule has 0 fully saturated rings. The lowest BCUT2D eigenvalue weighted by atomic mass is 9.98. The summed E-state index contributed by atoms with van der Waals surface area (Å²) in [5, 5.41) is 4.93. The summed E-state index contributed by atoms with van der Waals surface area (Å²) in [6, 6.07) is 16.3. The number of imidazole rings is 1. The predicted molar refractivity (Wildman–Crippen MR) is 139 cm³/mol. The van der Waals surface area contributed by atoms with Gasteiger partial charge in [-0.15, -0.1) is 0 Å². The van der Waals surface area contributed by atoms with Crippen LogP contribution in [0.1, 0.15) is 33.1 Å². The zero-order valence-corrected chi connectivity index (χ0v) is 20.8. The molecular weight excluding hydrogens is 470 g/mol. The van der Waals surface area contributed by atoms with Gasteiger partial charge in [-0.3, -0.25) is 14.9 Å². The van der Waals surface area contributed by atoms with Gasteiger partial charge in [0.1, 0.15) is 5.75 Å². The number of carbonyl (C=O) groups excluding carboxylic acids is 3. The summed E-state index contributed by atoms with van der Waals surface area (Å²) >= 11 is 0. The van der Waals surface area contributed by atoms with E-state index < -0.39 is 12.1 Å². The Balaban J connectivity index is 1.41. The fraction of sp³-hybridized carbons (Fsp3) is 0.214. The Hall–Kier alpha value is -4.66. The molecule has 1 atom stereocenters. The van der Waals surface area contributed by atoms with Crippen LogP contribution in [0.2, 0.25) is 0 Å². The number of amides is 4. The van der Waals surface area contributed by atoms with Crippen LogP contribution in [0.5, 0.6) is 5.75 Å². The Morgan fingerprint density at radius 1 is 1.14 bits per heavy atom. The topological polar surface area (TPSA) is 106 Å². The van der Waals surface area contributed by atoms with Gasteiger partial charge in [0.25, 0.3) is 5.91 Å². The third-order valence-electron chi connectivity index (χ3n) is 6.76. The van der Waals surface area contributed by atoms with E-state index in [4.69, 9.17) is 4.74 Å². The first-order valence-corrected chi connectivity index (χ1v) is 11.9. The second kappa shape index (κ2) is 9.77. The minimum atomic E-state index is -0.632. The van der Waals surface area contributed by atoms with Crippen molar-refractivity contribution in [2.75, 3.05) is 13.7 Å². The Bertz CT molecular complexity index is 1510. The molecule has 0 saturated carbocycles. The highest BCUT2D eigenvalue weighted by Crippen LogP contribution is 2.30. The summed E-state index contributed by atoms with van der Waals surface area (Å²) in [7, 11) is 3.53. The summed E-state index contributed by atoms with van der Waals surface area (Å²) in [6.45, 7) is 2.70. The number of rotatable bonds is 7. The highest BCUT2D eigenvalue weighted by Gasteiger charge is 2.30. The first-order chi connectivity index (χ1) is 17.9. The maximum absolute atomic E-state index is 13.1. The number of fused-ring (bicyclic) bond motifs is 2. The lowest BCUT2D eigenvalue weighted by molar-refractivity contribution is -0.108. The van der Waals surface area contributed by atoms with Crippen molar-refractivity contribution in [2.24, 2.45) is 7.05 Å². The smallest absolute Gasteiger partial charge is 0.321 e. The van der Waals surface area contributed by atoms with E-state index >= 15 is 0 Å². The van der Waals surface area contributed by atoms with Crippen molar-refractivity contribution in [3.8, 4) is 16.9 Å². The van der Waals surface area contributed by atoms with E-state index in [2.05, 4.69) is 27.8 Å². The molecule has 0 saturated heterocycles. The molecule has 0 aliphatic carbocycles. The lowest BCUT2D eigenvalue weighted by Gasteiger charge is -2.25. The van der Waals surface area contributed by atoms with Crippen LogP contribution < -0.4 is 15.4 Å². The van der Waals surface area contributed by atoms with E-state index in [0.29, 0.717) is 24.3 Å². The lowest BCUT2D eigenvalue weighted by Crippen LogP contribution is -2.42. The van der Waals surface area contributed by atoms with Gasteiger partial charge >= 0.3 is 6.03 Å². The van der Waals surface area contributed by atoms with Gasteiger partial charge in [0.15, 0.2) is 0 Å². The molecule has 2 N–H and O–H groups in total. The molecule has 1 aromatic heterocycles. The molecule has 0 spiro atoms. The maximum atomic E-state index is 13.1. The van der Waals surface area contributed by atoms with E-state index in [1.807, 2.05) is 54.9 Å². The van der Waals surface area contributed by atoms with Gasteiger partial charge in [0.05, 0.1) is 30.5 Å². The van der Waals surface area contributed by atoms with Crippen LogP contribution in [0.3, 0.4) is 0 Å². The van der Waals surface area contributed by atoms with Crippen LogP contribution in [0.4, 0.5) is 4.79 Å². The summed E-state index contributed by atoms with van der Waals surface area (Å²) < 4.78 is 7.25. The molecule has 0 radical (unpaired) electrons. The fourth-order valence-corrected chi connectivity index (χ4v) is 4.80. The summed E-state index contributed by atoms with van der Waals surface area (Å²) in [6.07, 6.45) is 2.13. The first kappa shape index (κ1) is 24.1. The second-order valence-electron chi connectivity index (χ2n) is 9.14. The van der Waals surface area contributed by atoms with Crippen molar-refractivity contribution in [1.82, 2.24) is 25.1 Å². The average molecular weight is 498 g/mol. The molecule has 188 valence electrons. The monoisotopic (exact) mass is 497 g/mol. The molecule has 1 aliphatic heterocycles. The highest BCUT2D eigenvalue weighted by atomic mass is 16.5. The molecule has 9 heteroatoms. The van der Waals surface area contributed by atoms with Gasteiger partial charge in [-0.2, -0.15) is 0 Å². The molecular formula is C28H27N5O4. The van der Waals surface area contributed by atoms with Crippen molar-refractivity contribution in [3.63, 3.8) is 0 Å². The Morgan fingerprint density at radius 2 is 1.92 bits per heavy atom. The summed E-state index contributed by atoms with van der Waals surface area (Å²) in [5.74, 6) is 0.484. The normalized spacial score (nSPS) is 13.4. The van der Waals surface area contributed by atoms with E-state index in [-0.39, 0.29) is 12.5 Å². The number of imide groups is 1. The van der Waals surface area contributed by atoms with Gasteiger partial charge in [-0.25, -0.2) is 9.78 Å². The third kappa shape index (κ3) is 4.63. The van der Waals surface area contributed by atoms with Crippen LogP contribution in [-0.4, -0.2) is 46.5 Å². The number of hydrogen-bond donors (Lipinski definition) is 2. The van der Waals surface area contributed by atoms with Crippen LogP contribution in [0.15, 0.2) is 60.9 Å². The zero-order chi connectivity index (χ0) is 26.1. The van der Waals surface area contributed by atoms with E-state index in [0.717, 1.165) is 38.9 Å². The number of aromatic nitrogens is 2. The average Bonchev–Trinajstić information content (AvgIpc) is 3.43. The largest absolute Gasteiger partial charge is 0.497 e. The third-order valence-corrected chi connectivity index (χ3v) is 6.76. The number of methoxy groups -OCH3 is 1. The van der Waals surface area contributed by atoms with Crippen molar-refractivity contribution in [2.45, 2.75) is 19.5 Å². The minimum absolute atomic E-state index is 0.131. The van der Waals surface area contributed by atoms with Crippen LogP contribution in [0.25, 0.3) is 22.2 Å². The van der Waals surface area contributed by atoms with Gasteiger partial charge in [0.2, 0.25) is 6.41 Å².